The Balaban J connectivity index is 0.000000192. The molecular weight excluding hydrogens is 705 g/mol. The predicted octanol–water partition coefficient (Wildman–Crippen LogP) is 2.60. The second-order valence-corrected chi connectivity index (χ2v) is 9.43. The average molecular weight is 721 g/mol. The third kappa shape index (κ3) is 6.13. The van der Waals surface area contributed by atoms with Crippen molar-refractivity contribution in [1.29, 1.82) is 0 Å². The zero-order chi connectivity index (χ0) is 25.2. The summed E-state index contributed by atoms with van der Waals surface area (Å²) in [4.78, 5) is 45.2. The molecule has 33 heavy (non-hydrogen) atoms. The summed E-state index contributed by atoms with van der Waals surface area (Å²) < 4.78 is 9.30. The number of ether oxygens (including phenoxy) is 1. The van der Waals surface area contributed by atoms with E-state index in [0.29, 0.717) is 11.6 Å². The van der Waals surface area contributed by atoms with Crippen molar-refractivity contribution in [2.75, 3.05) is 10.6 Å². The first-order chi connectivity index (χ1) is 15.3. The van der Waals surface area contributed by atoms with Crippen LogP contribution in [0, 0.1) is 7.40 Å². The molecule has 2 aromatic heterocycles. The van der Waals surface area contributed by atoms with E-state index in [1.54, 1.807) is 22.5 Å². The molecular formula is C18H16Cl2I2N6O5. The maximum Gasteiger partial charge on any atom is 0.358 e. The largest absolute Gasteiger partial charge is 0.385 e. The molecule has 176 valence electrons. The van der Waals surface area contributed by atoms with Crippen LogP contribution < -0.4 is 10.6 Å². The lowest BCUT2D eigenvalue weighted by Gasteiger charge is -2.09. The van der Waals surface area contributed by atoms with Crippen molar-refractivity contribution in [3.63, 3.8) is 0 Å². The van der Waals surface area contributed by atoms with Gasteiger partial charge in [-0.15, -0.1) is 0 Å². The van der Waals surface area contributed by atoms with Gasteiger partial charge in [0.1, 0.15) is 23.3 Å². The third-order valence-electron chi connectivity index (χ3n) is 4.12. The zero-order valence-electron chi connectivity index (χ0n) is 17.5. The van der Waals surface area contributed by atoms with Gasteiger partial charge >= 0.3 is 11.9 Å². The highest BCUT2D eigenvalue weighted by atomic mass is 127. The number of nitrogens with two attached hydrogens (primary N) is 1. The summed E-state index contributed by atoms with van der Waals surface area (Å²) in [7, 11) is 3.59. The van der Waals surface area contributed by atoms with Crippen molar-refractivity contribution < 1.29 is 23.9 Å². The lowest BCUT2D eigenvalue weighted by molar-refractivity contribution is -0.150. The van der Waals surface area contributed by atoms with Crippen LogP contribution in [0.4, 0.5) is 11.6 Å². The smallest absolute Gasteiger partial charge is 0.358 e. The van der Waals surface area contributed by atoms with Crippen LogP contribution in [0.1, 0.15) is 13.8 Å². The number of nitrogens with zero attached hydrogens (tertiary/aromatic N) is 5. The van der Waals surface area contributed by atoms with Crippen LogP contribution in [-0.4, -0.2) is 43.3 Å². The molecule has 4 heterocycles. The normalized spacial score (nSPS) is 15.6. The number of cyclic esters (lactones) is 2. The van der Waals surface area contributed by atoms with Crippen molar-refractivity contribution in [2.45, 2.75) is 13.8 Å². The number of carbonyl (C=O) groups excluding carboxylic acids is 4. The summed E-state index contributed by atoms with van der Waals surface area (Å²) in [5.41, 5.74) is 5.78. The van der Waals surface area contributed by atoms with Crippen LogP contribution >= 0.6 is 68.4 Å². The van der Waals surface area contributed by atoms with E-state index in [9.17, 15) is 19.2 Å². The molecule has 0 saturated carbocycles. The Kier molecular flexibility index (Phi) is 9.06. The second kappa shape index (κ2) is 11.0. The highest BCUT2D eigenvalue weighted by Crippen LogP contribution is 2.28. The van der Waals surface area contributed by atoms with Gasteiger partial charge < -0.3 is 10.5 Å². The average Bonchev–Trinajstić information content (AvgIpc) is 3.36. The molecule has 0 saturated heterocycles. The molecule has 0 aliphatic carbocycles. The SMILES string of the molecule is CC1=C(Cl)C(=O)N(c2cc(I)n(C)n2)C1=O.CC1=C(Cl)C(=O)OC1=O.Cn1nc(N)cc1I. The first-order valence-electron chi connectivity index (χ1n) is 8.78. The molecule has 2 aliphatic heterocycles. The van der Waals surface area contributed by atoms with Gasteiger partial charge in [0.05, 0.1) is 5.57 Å². The lowest BCUT2D eigenvalue weighted by Crippen LogP contribution is -2.31. The number of hydrogen-bond acceptors (Lipinski definition) is 8. The highest BCUT2D eigenvalue weighted by molar-refractivity contribution is 14.1. The fraction of sp³-hybridized carbons (Fsp3) is 0.222. The molecule has 0 bridgehead atoms. The summed E-state index contributed by atoms with van der Waals surface area (Å²) in [6.45, 7) is 2.96. The number of anilines is 2. The number of imide groups is 1. The molecule has 0 radical (unpaired) electrons. The van der Waals surface area contributed by atoms with Gasteiger partial charge in [-0.25, -0.2) is 14.5 Å². The van der Waals surface area contributed by atoms with Gasteiger partial charge in [0.2, 0.25) is 0 Å². The number of aryl methyl sites for hydroxylation is 2. The Labute approximate surface area is 225 Å². The van der Waals surface area contributed by atoms with Crippen LogP contribution in [0.5, 0.6) is 0 Å². The number of esters is 2. The predicted molar refractivity (Wildman–Crippen MR) is 137 cm³/mol. The van der Waals surface area contributed by atoms with E-state index in [2.05, 4.69) is 60.1 Å². The maximum atomic E-state index is 11.8. The molecule has 0 fully saturated rings. The molecule has 0 unspecified atom stereocenters. The van der Waals surface area contributed by atoms with Crippen molar-refractivity contribution >= 4 is 104 Å². The number of amides is 2. The Morgan fingerprint density at radius 2 is 1.39 bits per heavy atom. The Bertz CT molecular complexity index is 1150. The summed E-state index contributed by atoms with van der Waals surface area (Å²) in [6, 6.07) is 3.47. The number of rotatable bonds is 1. The second-order valence-electron chi connectivity index (χ2n) is 6.47. The van der Waals surface area contributed by atoms with E-state index in [1.807, 2.05) is 13.1 Å². The van der Waals surface area contributed by atoms with Crippen LogP contribution in [0.15, 0.2) is 33.3 Å². The van der Waals surface area contributed by atoms with E-state index in [1.165, 1.54) is 13.8 Å². The summed E-state index contributed by atoms with van der Waals surface area (Å²) in [5, 5.41) is 7.82. The number of halogens is 4. The third-order valence-corrected chi connectivity index (χ3v) is 7.03. The van der Waals surface area contributed by atoms with Crippen molar-refractivity contribution in [3.8, 4) is 0 Å². The minimum Gasteiger partial charge on any atom is -0.385 e. The van der Waals surface area contributed by atoms with E-state index in [4.69, 9.17) is 28.9 Å². The molecule has 15 heteroatoms. The number of nitrogen functional groups attached to an aromatic ring is 1. The fourth-order valence-electron chi connectivity index (χ4n) is 2.27. The standard InChI is InChI=1S/C9H7ClIN3O2.C5H3ClO3.C4H6IN3/c1-4-7(10)9(16)14(8(4)15)6-3-5(11)13(2)12-6;1-2-3(6)5(8)9-4(2)7;1-8-3(5)2-4(6)7-8/h3H,1-2H3;1H3;2H,1H3,(H2,6,7). The molecule has 4 rings (SSSR count). The lowest BCUT2D eigenvalue weighted by atomic mass is 10.3. The topological polar surface area (TPSA) is 142 Å². The van der Waals surface area contributed by atoms with Gasteiger partial charge in [-0.05, 0) is 59.0 Å². The van der Waals surface area contributed by atoms with Gasteiger partial charge in [0.15, 0.2) is 5.82 Å². The Morgan fingerprint density at radius 1 is 0.848 bits per heavy atom. The summed E-state index contributed by atoms with van der Waals surface area (Å²) in [5.74, 6) is -1.44. The minimum absolute atomic E-state index is 0.0364. The Hall–Kier alpha value is -1.98. The summed E-state index contributed by atoms with van der Waals surface area (Å²) >= 11 is 15.2. The van der Waals surface area contributed by atoms with Crippen molar-refractivity contribution in [3.05, 3.63) is 40.7 Å². The van der Waals surface area contributed by atoms with E-state index < -0.39 is 23.8 Å². The van der Waals surface area contributed by atoms with Crippen LogP contribution in [-0.2, 0) is 38.0 Å². The van der Waals surface area contributed by atoms with E-state index in [0.717, 1.165) is 12.3 Å². The van der Waals surface area contributed by atoms with Crippen molar-refractivity contribution in [2.24, 2.45) is 14.1 Å². The first-order valence-corrected chi connectivity index (χ1v) is 11.7. The number of aromatic nitrogens is 4. The molecule has 2 amide bonds. The van der Waals surface area contributed by atoms with Crippen LogP contribution in [0.2, 0.25) is 0 Å². The quantitative estimate of drug-likeness (QED) is 0.205. The minimum atomic E-state index is -0.751. The van der Waals surface area contributed by atoms with Gasteiger partial charge in [0, 0.05) is 31.8 Å². The van der Waals surface area contributed by atoms with E-state index in [-0.39, 0.29) is 21.2 Å². The summed E-state index contributed by atoms with van der Waals surface area (Å²) in [6.07, 6.45) is 0. The van der Waals surface area contributed by atoms with Gasteiger partial charge in [-0.1, -0.05) is 23.2 Å². The van der Waals surface area contributed by atoms with Gasteiger partial charge in [0.25, 0.3) is 11.8 Å². The zero-order valence-corrected chi connectivity index (χ0v) is 23.3. The molecule has 11 nitrogen and oxygen atoms in total. The van der Waals surface area contributed by atoms with Crippen molar-refractivity contribution in [1.82, 2.24) is 19.6 Å². The molecule has 0 atom stereocenters. The molecule has 0 spiro atoms. The van der Waals surface area contributed by atoms with Crippen LogP contribution in [0.3, 0.4) is 0 Å². The molecule has 2 N–H and O–H groups in total. The number of carbonyl (C=O) groups is 4. The van der Waals surface area contributed by atoms with Gasteiger partial charge in [-0.3, -0.25) is 19.0 Å². The maximum absolute atomic E-state index is 11.8. The molecule has 0 aromatic carbocycles. The Morgan fingerprint density at radius 3 is 1.64 bits per heavy atom. The molecule has 2 aliphatic rings. The first kappa shape index (κ1) is 27.3. The number of hydrogen-bond donors (Lipinski definition) is 1. The highest BCUT2D eigenvalue weighted by Gasteiger charge is 2.37. The van der Waals surface area contributed by atoms with E-state index >= 15 is 0 Å². The van der Waals surface area contributed by atoms with Gasteiger partial charge in [-0.2, -0.15) is 10.2 Å². The fourth-order valence-corrected chi connectivity index (χ4v) is 3.37. The van der Waals surface area contributed by atoms with Crippen LogP contribution in [0.25, 0.3) is 0 Å². The monoisotopic (exact) mass is 720 g/mol. The molecule has 2 aromatic rings.